The first-order valence-electron chi connectivity index (χ1n) is 10.8. The maximum atomic E-state index is 13.2. The van der Waals surface area contributed by atoms with Crippen LogP contribution in [0.1, 0.15) is 29.7 Å². The van der Waals surface area contributed by atoms with Gasteiger partial charge in [0.15, 0.2) is 15.0 Å². The fourth-order valence-electron chi connectivity index (χ4n) is 4.09. The van der Waals surface area contributed by atoms with Gasteiger partial charge in [0.25, 0.3) is 0 Å². The normalized spacial score (nSPS) is 14.9. The molecule has 2 aromatic carbocycles. The van der Waals surface area contributed by atoms with E-state index < -0.39 is 15.1 Å². The Balaban J connectivity index is 1.43. The summed E-state index contributed by atoms with van der Waals surface area (Å²) in [6.07, 6.45) is 1.69. The number of thiazole rings is 1. The number of anilines is 1. The highest BCUT2D eigenvalue weighted by Gasteiger charge is 2.33. The Morgan fingerprint density at radius 3 is 2.29 bits per heavy atom. The summed E-state index contributed by atoms with van der Waals surface area (Å²) < 4.78 is 37.2. The van der Waals surface area contributed by atoms with E-state index >= 15 is 0 Å². The van der Waals surface area contributed by atoms with Crippen molar-refractivity contribution in [2.75, 3.05) is 32.2 Å². The Hall–Kier alpha value is -2.00. The average molecular weight is 542 g/mol. The van der Waals surface area contributed by atoms with Gasteiger partial charge in [0.1, 0.15) is 11.5 Å². The number of methoxy groups -OCH3 is 2. The molecule has 0 spiro atoms. The predicted molar refractivity (Wildman–Crippen MR) is 138 cm³/mol. The van der Waals surface area contributed by atoms with Crippen molar-refractivity contribution in [1.29, 1.82) is 0 Å². The molecular formula is C24H26Cl2N2O4S2. The molecule has 10 heteroatoms. The maximum Gasteiger partial charge on any atom is 0.185 e. The molecule has 0 atom stereocenters. The first kappa shape index (κ1) is 25.1. The van der Waals surface area contributed by atoms with E-state index in [9.17, 15) is 8.42 Å². The molecule has 0 amide bonds. The summed E-state index contributed by atoms with van der Waals surface area (Å²) in [6.45, 7) is 3.02. The molecule has 182 valence electrons. The topological polar surface area (TPSA) is 68.7 Å². The summed E-state index contributed by atoms with van der Waals surface area (Å²) in [4.78, 5) is 7.12. The highest BCUT2D eigenvalue weighted by atomic mass is 35.5. The van der Waals surface area contributed by atoms with E-state index in [-0.39, 0.29) is 9.92 Å². The molecule has 0 aliphatic carbocycles. The third-order valence-corrected chi connectivity index (χ3v) is 10.1. The molecule has 1 aliphatic rings. The third-order valence-electron chi connectivity index (χ3n) is 6.01. The van der Waals surface area contributed by atoms with Crippen molar-refractivity contribution in [1.82, 2.24) is 4.98 Å². The third kappa shape index (κ3) is 5.30. The van der Waals surface area contributed by atoms with Gasteiger partial charge in [0.05, 0.1) is 35.1 Å². The molecule has 1 fully saturated rings. The lowest BCUT2D eigenvalue weighted by Gasteiger charge is -2.31. The number of piperidine rings is 1. The van der Waals surface area contributed by atoms with Gasteiger partial charge in [0, 0.05) is 36.0 Å². The van der Waals surface area contributed by atoms with E-state index in [1.54, 1.807) is 38.5 Å². The first-order chi connectivity index (χ1) is 16.2. The monoisotopic (exact) mass is 540 g/mol. The van der Waals surface area contributed by atoms with Crippen LogP contribution < -0.4 is 14.4 Å². The van der Waals surface area contributed by atoms with Crippen LogP contribution in [0.15, 0.2) is 40.6 Å². The van der Waals surface area contributed by atoms with Crippen molar-refractivity contribution in [3.8, 4) is 11.5 Å². The van der Waals surface area contributed by atoms with Gasteiger partial charge in [-0.15, -0.1) is 11.3 Å². The van der Waals surface area contributed by atoms with Gasteiger partial charge in [-0.3, -0.25) is 0 Å². The number of hydrogen-bond acceptors (Lipinski definition) is 7. The van der Waals surface area contributed by atoms with Crippen LogP contribution in [0.3, 0.4) is 0 Å². The Morgan fingerprint density at radius 1 is 1.03 bits per heavy atom. The van der Waals surface area contributed by atoms with E-state index in [1.165, 1.54) is 6.07 Å². The second-order valence-electron chi connectivity index (χ2n) is 8.28. The predicted octanol–water partition coefficient (Wildman–Crippen LogP) is 5.81. The van der Waals surface area contributed by atoms with E-state index in [1.807, 2.05) is 23.6 Å². The number of hydrogen-bond donors (Lipinski definition) is 0. The van der Waals surface area contributed by atoms with Crippen LogP contribution in [0.2, 0.25) is 10.0 Å². The fourth-order valence-corrected chi connectivity index (χ4v) is 7.53. The Bertz CT molecular complexity index is 1260. The highest BCUT2D eigenvalue weighted by molar-refractivity contribution is 7.92. The number of benzene rings is 2. The van der Waals surface area contributed by atoms with Crippen molar-refractivity contribution in [2.24, 2.45) is 0 Å². The highest BCUT2D eigenvalue weighted by Crippen LogP contribution is 2.34. The number of aromatic nitrogens is 1. The molecule has 1 saturated heterocycles. The van der Waals surface area contributed by atoms with Crippen molar-refractivity contribution < 1.29 is 17.9 Å². The molecule has 34 heavy (non-hydrogen) atoms. The molecular weight excluding hydrogens is 515 g/mol. The minimum atomic E-state index is -3.54. The van der Waals surface area contributed by atoms with Crippen LogP contribution in [0.4, 0.5) is 5.13 Å². The molecule has 2 heterocycles. The first-order valence-corrected chi connectivity index (χ1v) is 14.0. The largest absolute Gasteiger partial charge is 0.497 e. The van der Waals surface area contributed by atoms with Gasteiger partial charge in [-0.1, -0.05) is 23.2 Å². The standard InChI is InChI=1S/C24H26Cl2N2O4S2/c1-15-8-23(22(26)13-21(15)25)34(29,30)20-4-6-28(7-5-20)24-27-17(14-33-24)9-16-10-18(31-2)12-19(11-16)32-3/h8,10-14,20H,4-7,9H2,1-3H3. The molecule has 6 nitrogen and oxygen atoms in total. The average Bonchev–Trinajstić information content (AvgIpc) is 3.29. The Kier molecular flexibility index (Phi) is 7.62. The minimum absolute atomic E-state index is 0.166. The SMILES string of the molecule is COc1cc(Cc2csc(N3CCC(S(=O)(=O)c4cc(C)c(Cl)cc4Cl)CC3)n2)cc(OC)c1. The zero-order valence-electron chi connectivity index (χ0n) is 19.2. The summed E-state index contributed by atoms with van der Waals surface area (Å²) in [5.41, 5.74) is 2.70. The van der Waals surface area contributed by atoms with Crippen molar-refractivity contribution in [3.05, 3.63) is 62.6 Å². The molecule has 0 unspecified atom stereocenters. The summed E-state index contributed by atoms with van der Waals surface area (Å²) >= 11 is 13.9. The van der Waals surface area contributed by atoms with Crippen LogP contribution in [0.25, 0.3) is 0 Å². The van der Waals surface area contributed by atoms with Crippen LogP contribution in [0, 0.1) is 6.92 Å². The van der Waals surface area contributed by atoms with Gasteiger partial charge in [-0.25, -0.2) is 13.4 Å². The molecule has 4 rings (SSSR count). The summed E-state index contributed by atoms with van der Waals surface area (Å²) in [5.74, 6) is 1.48. The van der Waals surface area contributed by atoms with Crippen LogP contribution in [-0.4, -0.2) is 46.0 Å². The number of ether oxygens (including phenoxy) is 2. The summed E-state index contributed by atoms with van der Waals surface area (Å²) in [5, 5.41) is 3.11. The van der Waals surface area contributed by atoms with Gasteiger partial charge < -0.3 is 14.4 Å². The lowest BCUT2D eigenvalue weighted by Crippen LogP contribution is -2.39. The molecule has 0 radical (unpaired) electrons. The molecule has 1 aromatic heterocycles. The molecule has 1 aliphatic heterocycles. The van der Waals surface area contributed by atoms with Crippen LogP contribution in [0.5, 0.6) is 11.5 Å². The quantitative estimate of drug-likeness (QED) is 0.376. The Morgan fingerprint density at radius 2 is 1.68 bits per heavy atom. The zero-order valence-corrected chi connectivity index (χ0v) is 22.3. The molecule has 0 saturated carbocycles. The van der Waals surface area contributed by atoms with E-state index in [2.05, 4.69) is 4.90 Å². The molecule has 3 aromatic rings. The minimum Gasteiger partial charge on any atom is -0.497 e. The van der Waals surface area contributed by atoms with Crippen LogP contribution in [-0.2, 0) is 16.3 Å². The second-order valence-corrected chi connectivity index (χ2v) is 12.1. The van der Waals surface area contributed by atoms with Crippen molar-refractivity contribution in [3.63, 3.8) is 0 Å². The smallest absolute Gasteiger partial charge is 0.185 e. The maximum absolute atomic E-state index is 13.2. The van der Waals surface area contributed by atoms with Crippen molar-refractivity contribution >= 4 is 49.5 Å². The van der Waals surface area contributed by atoms with E-state index in [0.29, 0.717) is 42.9 Å². The Labute approximate surface area is 214 Å². The van der Waals surface area contributed by atoms with Gasteiger partial charge >= 0.3 is 0 Å². The van der Waals surface area contributed by atoms with E-state index in [0.717, 1.165) is 27.9 Å². The number of halogens is 2. The summed E-state index contributed by atoms with van der Waals surface area (Å²) in [6, 6.07) is 8.87. The van der Waals surface area contributed by atoms with Gasteiger partial charge in [0.2, 0.25) is 0 Å². The summed E-state index contributed by atoms with van der Waals surface area (Å²) in [7, 11) is -0.284. The number of rotatable bonds is 7. The lowest BCUT2D eigenvalue weighted by atomic mass is 10.1. The number of nitrogens with zero attached hydrogens (tertiary/aromatic N) is 2. The van der Waals surface area contributed by atoms with Crippen molar-refractivity contribution in [2.45, 2.75) is 36.3 Å². The number of aryl methyl sites for hydroxylation is 1. The van der Waals surface area contributed by atoms with E-state index in [4.69, 9.17) is 37.7 Å². The van der Waals surface area contributed by atoms with Gasteiger partial charge in [-0.2, -0.15) is 0 Å². The van der Waals surface area contributed by atoms with Crippen LogP contribution >= 0.6 is 34.5 Å². The number of sulfone groups is 1. The molecule has 0 bridgehead atoms. The lowest BCUT2D eigenvalue weighted by molar-refractivity contribution is 0.393. The second kappa shape index (κ2) is 10.3. The van der Waals surface area contributed by atoms with Gasteiger partial charge in [-0.05, 0) is 55.2 Å². The fraction of sp³-hybridized carbons (Fsp3) is 0.375. The molecule has 0 N–H and O–H groups in total. The zero-order chi connectivity index (χ0) is 24.5.